The highest BCUT2D eigenvalue weighted by Crippen LogP contribution is 2.38. The van der Waals surface area contributed by atoms with Crippen molar-refractivity contribution in [2.75, 3.05) is 13.7 Å². The molecular weight excluding hydrogens is 360 g/mol. The predicted molar refractivity (Wildman–Crippen MR) is 104 cm³/mol. The molecule has 3 aromatic rings. The highest BCUT2D eigenvalue weighted by atomic mass is 32.2. The minimum atomic E-state index is -3.75. The van der Waals surface area contributed by atoms with Crippen molar-refractivity contribution in [3.05, 3.63) is 83.7 Å². The lowest BCUT2D eigenvalue weighted by molar-refractivity contribution is 0.296. The van der Waals surface area contributed by atoms with E-state index in [0.29, 0.717) is 18.8 Å². The third kappa shape index (κ3) is 3.05. The van der Waals surface area contributed by atoms with E-state index in [4.69, 9.17) is 4.74 Å². The molecule has 0 N–H and O–H groups in total. The van der Waals surface area contributed by atoms with Gasteiger partial charge in [0.15, 0.2) is 0 Å². The van der Waals surface area contributed by atoms with Gasteiger partial charge in [0.05, 0.1) is 13.2 Å². The van der Waals surface area contributed by atoms with E-state index in [0.717, 1.165) is 16.8 Å². The summed E-state index contributed by atoms with van der Waals surface area (Å²) in [6.07, 6.45) is 2.00. The quantitative estimate of drug-likeness (QED) is 0.693. The maximum atomic E-state index is 13.7. The Kier molecular flexibility index (Phi) is 4.53. The standard InChI is InChI=1S/C21H22N2O3S/c1-16-10-11-19(26-2)20(15-16)27(24,25)23-14-13-22-12-6-9-18(22)21(23)17-7-4-3-5-8-17/h3-12,15,21H,13-14H2,1-2H3. The van der Waals surface area contributed by atoms with E-state index in [9.17, 15) is 8.42 Å². The lowest BCUT2D eigenvalue weighted by Gasteiger charge is -2.36. The number of aryl methyl sites for hydroxylation is 1. The fourth-order valence-corrected chi connectivity index (χ4v) is 5.53. The number of benzene rings is 2. The third-order valence-electron chi connectivity index (χ3n) is 5.02. The minimum absolute atomic E-state index is 0.214. The Bertz CT molecular complexity index is 1060. The monoisotopic (exact) mass is 382 g/mol. The second-order valence-electron chi connectivity index (χ2n) is 6.71. The fourth-order valence-electron chi connectivity index (χ4n) is 3.71. The van der Waals surface area contributed by atoms with Crippen LogP contribution in [0.2, 0.25) is 0 Å². The molecule has 0 radical (unpaired) electrons. The van der Waals surface area contributed by atoms with Gasteiger partial charge in [-0.3, -0.25) is 0 Å². The molecule has 140 valence electrons. The Morgan fingerprint density at radius 2 is 1.78 bits per heavy atom. The van der Waals surface area contributed by atoms with Crippen molar-refractivity contribution in [1.29, 1.82) is 0 Å². The topological polar surface area (TPSA) is 51.5 Å². The summed E-state index contributed by atoms with van der Waals surface area (Å²) in [4.78, 5) is 0.214. The lowest BCUT2D eigenvalue weighted by atomic mass is 10.0. The molecule has 1 aliphatic heterocycles. The molecule has 6 heteroatoms. The van der Waals surface area contributed by atoms with Gasteiger partial charge >= 0.3 is 0 Å². The first-order chi connectivity index (χ1) is 13.0. The molecule has 1 unspecified atom stereocenters. The highest BCUT2D eigenvalue weighted by Gasteiger charge is 2.38. The van der Waals surface area contributed by atoms with E-state index >= 15 is 0 Å². The molecule has 4 rings (SSSR count). The number of sulfonamides is 1. The zero-order chi connectivity index (χ0) is 19.0. The Morgan fingerprint density at radius 1 is 1.00 bits per heavy atom. The summed E-state index contributed by atoms with van der Waals surface area (Å²) in [5.74, 6) is 0.369. The molecule has 0 saturated carbocycles. The van der Waals surface area contributed by atoms with Crippen molar-refractivity contribution in [3.8, 4) is 5.75 Å². The average Bonchev–Trinajstić information content (AvgIpc) is 3.16. The van der Waals surface area contributed by atoms with Crippen molar-refractivity contribution in [3.63, 3.8) is 0 Å². The molecule has 1 atom stereocenters. The average molecular weight is 382 g/mol. The molecule has 0 amide bonds. The summed E-state index contributed by atoms with van der Waals surface area (Å²) >= 11 is 0. The molecular formula is C21H22N2O3S. The smallest absolute Gasteiger partial charge is 0.247 e. The fraction of sp³-hybridized carbons (Fsp3) is 0.238. The van der Waals surface area contributed by atoms with Gasteiger partial charge in [0.2, 0.25) is 10.0 Å². The van der Waals surface area contributed by atoms with Gasteiger partial charge in [-0.2, -0.15) is 4.31 Å². The number of aromatic nitrogens is 1. The molecule has 0 bridgehead atoms. The van der Waals surface area contributed by atoms with Crippen LogP contribution in [0.4, 0.5) is 0 Å². The predicted octanol–water partition coefficient (Wildman–Crippen LogP) is 3.60. The van der Waals surface area contributed by atoms with Crippen LogP contribution < -0.4 is 4.74 Å². The van der Waals surface area contributed by atoms with E-state index in [1.807, 2.05) is 61.7 Å². The molecule has 0 saturated heterocycles. The molecule has 0 spiro atoms. The summed E-state index contributed by atoms with van der Waals surface area (Å²) in [6.45, 7) is 2.91. The first kappa shape index (κ1) is 17.8. The molecule has 0 aliphatic carbocycles. The van der Waals surface area contributed by atoms with Gasteiger partial charge in [0.1, 0.15) is 10.6 Å². The van der Waals surface area contributed by atoms with Crippen LogP contribution in [-0.2, 0) is 16.6 Å². The highest BCUT2D eigenvalue weighted by molar-refractivity contribution is 7.89. The van der Waals surface area contributed by atoms with Crippen LogP contribution in [0.5, 0.6) is 5.75 Å². The molecule has 2 heterocycles. The third-order valence-corrected chi connectivity index (χ3v) is 6.90. The van der Waals surface area contributed by atoms with E-state index in [1.165, 1.54) is 7.11 Å². The number of rotatable bonds is 4. The van der Waals surface area contributed by atoms with E-state index in [1.54, 1.807) is 16.4 Å². The zero-order valence-corrected chi connectivity index (χ0v) is 16.2. The number of ether oxygens (including phenoxy) is 1. The van der Waals surface area contributed by atoms with E-state index in [-0.39, 0.29) is 10.9 Å². The van der Waals surface area contributed by atoms with Crippen molar-refractivity contribution in [2.24, 2.45) is 0 Å². The van der Waals surface area contributed by atoms with E-state index in [2.05, 4.69) is 4.57 Å². The van der Waals surface area contributed by atoms with Crippen molar-refractivity contribution in [1.82, 2.24) is 8.87 Å². The van der Waals surface area contributed by atoms with Gasteiger partial charge in [-0.15, -0.1) is 0 Å². The molecule has 2 aromatic carbocycles. The molecule has 1 aromatic heterocycles. The van der Waals surface area contributed by atoms with Gasteiger partial charge in [-0.25, -0.2) is 8.42 Å². The maximum Gasteiger partial charge on any atom is 0.247 e. The second-order valence-corrected chi connectivity index (χ2v) is 8.57. The van der Waals surface area contributed by atoms with Crippen LogP contribution >= 0.6 is 0 Å². The Balaban J connectivity index is 1.88. The van der Waals surface area contributed by atoms with Crippen LogP contribution in [0.25, 0.3) is 0 Å². The van der Waals surface area contributed by atoms with Crippen LogP contribution in [0.1, 0.15) is 22.9 Å². The summed E-state index contributed by atoms with van der Waals surface area (Å²) in [7, 11) is -2.25. The number of fused-ring (bicyclic) bond motifs is 1. The zero-order valence-electron chi connectivity index (χ0n) is 15.4. The number of methoxy groups -OCH3 is 1. The van der Waals surface area contributed by atoms with Gasteiger partial charge < -0.3 is 9.30 Å². The first-order valence-electron chi connectivity index (χ1n) is 8.89. The largest absolute Gasteiger partial charge is 0.495 e. The number of hydrogen-bond donors (Lipinski definition) is 0. The van der Waals surface area contributed by atoms with Crippen molar-refractivity contribution < 1.29 is 13.2 Å². The molecule has 27 heavy (non-hydrogen) atoms. The van der Waals surface area contributed by atoms with Crippen molar-refractivity contribution >= 4 is 10.0 Å². The van der Waals surface area contributed by atoms with Gasteiger partial charge in [-0.1, -0.05) is 36.4 Å². The Morgan fingerprint density at radius 3 is 2.52 bits per heavy atom. The van der Waals surface area contributed by atoms with Crippen LogP contribution in [0.15, 0.2) is 71.8 Å². The van der Waals surface area contributed by atoms with Crippen LogP contribution in [0.3, 0.4) is 0 Å². The SMILES string of the molecule is COc1ccc(C)cc1S(=O)(=O)N1CCn2cccc2C1c1ccccc1. The number of nitrogens with zero attached hydrogens (tertiary/aromatic N) is 2. The molecule has 0 fully saturated rings. The van der Waals surface area contributed by atoms with Crippen LogP contribution in [0, 0.1) is 6.92 Å². The minimum Gasteiger partial charge on any atom is -0.495 e. The molecule has 1 aliphatic rings. The first-order valence-corrected chi connectivity index (χ1v) is 10.3. The van der Waals surface area contributed by atoms with Crippen LogP contribution in [-0.4, -0.2) is 30.9 Å². The second kappa shape index (κ2) is 6.87. The van der Waals surface area contributed by atoms with Gasteiger partial charge in [-0.05, 0) is 42.3 Å². The summed E-state index contributed by atoms with van der Waals surface area (Å²) in [5, 5.41) is 0. The maximum absolute atomic E-state index is 13.7. The van der Waals surface area contributed by atoms with E-state index < -0.39 is 10.0 Å². The normalized spacial score (nSPS) is 17.5. The van der Waals surface area contributed by atoms with Gasteiger partial charge in [0, 0.05) is 25.0 Å². The summed E-state index contributed by atoms with van der Waals surface area (Å²) < 4.78 is 36.4. The lowest BCUT2D eigenvalue weighted by Crippen LogP contribution is -2.42. The molecule has 5 nitrogen and oxygen atoms in total. The Labute approximate surface area is 159 Å². The van der Waals surface area contributed by atoms with Crippen molar-refractivity contribution in [2.45, 2.75) is 24.4 Å². The summed E-state index contributed by atoms with van der Waals surface area (Å²) in [6, 6.07) is 18.6. The Hall–Kier alpha value is -2.57. The number of hydrogen-bond acceptors (Lipinski definition) is 3. The van der Waals surface area contributed by atoms with Gasteiger partial charge in [0.25, 0.3) is 0 Å². The summed E-state index contributed by atoms with van der Waals surface area (Å²) in [5.41, 5.74) is 2.81.